The van der Waals surface area contributed by atoms with Gasteiger partial charge in [0.25, 0.3) is 5.56 Å². The van der Waals surface area contributed by atoms with E-state index in [4.69, 9.17) is 8.94 Å². The van der Waals surface area contributed by atoms with Crippen LogP contribution in [0.4, 0.5) is 0 Å². The summed E-state index contributed by atoms with van der Waals surface area (Å²) in [5, 5.41) is 5.21. The molecule has 0 saturated heterocycles. The Morgan fingerprint density at radius 2 is 2.00 bits per heavy atom. The second kappa shape index (κ2) is 8.02. The van der Waals surface area contributed by atoms with Gasteiger partial charge in [0, 0.05) is 6.42 Å². The fourth-order valence-corrected chi connectivity index (χ4v) is 3.71. The van der Waals surface area contributed by atoms with Crippen LogP contribution in [0, 0.1) is 5.92 Å². The van der Waals surface area contributed by atoms with Crippen molar-refractivity contribution >= 4 is 22.7 Å². The number of furan rings is 1. The number of para-hydroxylation sites is 1. The SMILES string of the molecule is CC(C)Cc1nc(CSc2nc3ccccc3c(=O)n2Cc2ccco2)no1. The first-order chi connectivity index (χ1) is 13.6. The Hall–Kier alpha value is -2.87. The van der Waals surface area contributed by atoms with Crippen molar-refractivity contribution in [2.45, 2.75) is 37.7 Å². The topological polar surface area (TPSA) is 87.0 Å². The Kier molecular flexibility index (Phi) is 5.29. The molecule has 0 aliphatic rings. The number of benzene rings is 1. The largest absolute Gasteiger partial charge is 0.467 e. The highest BCUT2D eigenvalue weighted by Gasteiger charge is 2.15. The van der Waals surface area contributed by atoms with E-state index in [0.29, 0.717) is 51.8 Å². The lowest BCUT2D eigenvalue weighted by molar-refractivity contribution is 0.360. The number of nitrogens with zero attached hydrogens (tertiary/aromatic N) is 4. The molecule has 4 rings (SSSR count). The van der Waals surface area contributed by atoms with Crippen molar-refractivity contribution in [3.8, 4) is 0 Å². The lowest BCUT2D eigenvalue weighted by atomic mass is 10.1. The highest BCUT2D eigenvalue weighted by molar-refractivity contribution is 7.98. The summed E-state index contributed by atoms with van der Waals surface area (Å²) in [5.74, 6) is 2.82. The molecule has 4 aromatic rings. The van der Waals surface area contributed by atoms with E-state index in [1.807, 2.05) is 24.3 Å². The molecule has 144 valence electrons. The molecule has 0 saturated carbocycles. The van der Waals surface area contributed by atoms with Crippen molar-refractivity contribution in [2.24, 2.45) is 5.92 Å². The quantitative estimate of drug-likeness (QED) is 0.346. The van der Waals surface area contributed by atoms with Crippen molar-refractivity contribution in [2.75, 3.05) is 0 Å². The number of rotatable bonds is 7. The fourth-order valence-electron chi connectivity index (χ4n) is 2.87. The van der Waals surface area contributed by atoms with Gasteiger partial charge in [-0.15, -0.1) is 0 Å². The Balaban J connectivity index is 1.64. The van der Waals surface area contributed by atoms with Crippen LogP contribution in [0.2, 0.25) is 0 Å². The Morgan fingerprint density at radius 1 is 1.14 bits per heavy atom. The molecule has 0 bridgehead atoms. The summed E-state index contributed by atoms with van der Waals surface area (Å²) >= 11 is 1.41. The maximum atomic E-state index is 13.0. The lowest BCUT2D eigenvalue weighted by Gasteiger charge is -2.11. The van der Waals surface area contributed by atoms with Gasteiger partial charge >= 0.3 is 0 Å². The van der Waals surface area contributed by atoms with Crippen LogP contribution >= 0.6 is 11.8 Å². The minimum absolute atomic E-state index is 0.0990. The average molecular weight is 396 g/mol. The van der Waals surface area contributed by atoms with Crippen LogP contribution in [0.1, 0.15) is 31.3 Å². The van der Waals surface area contributed by atoms with Crippen molar-refractivity contribution < 1.29 is 8.94 Å². The normalized spacial score (nSPS) is 11.5. The van der Waals surface area contributed by atoms with E-state index in [9.17, 15) is 4.79 Å². The van der Waals surface area contributed by atoms with Crippen LogP contribution in [0.5, 0.6) is 0 Å². The van der Waals surface area contributed by atoms with Crippen LogP contribution in [0.25, 0.3) is 10.9 Å². The lowest BCUT2D eigenvalue weighted by Crippen LogP contribution is -2.23. The summed E-state index contributed by atoms with van der Waals surface area (Å²) in [4.78, 5) is 22.1. The highest BCUT2D eigenvalue weighted by atomic mass is 32.2. The standard InChI is InChI=1S/C20H20N4O3S/c1-13(2)10-18-22-17(23-27-18)12-28-20-21-16-8-4-3-7-15(16)19(25)24(20)11-14-6-5-9-26-14/h3-9,13H,10-12H2,1-2H3. The molecule has 0 N–H and O–H groups in total. The molecule has 3 heterocycles. The molecule has 0 amide bonds. The number of thioether (sulfide) groups is 1. The summed E-state index contributed by atoms with van der Waals surface area (Å²) in [6.45, 7) is 4.52. The molecule has 3 aromatic heterocycles. The van der Waals surface area contributed by atoms with Crippen LogP contribution in [-0.2, 0) is 18.7 Å². The maximum Gasteiger partial charge on any atom is 0.262 e. The Bertz CT molecular complexity index is 1130. The van der Waals surface area contributed by atoms with Gasteiger partial charge in [0.2, 0.25) is 5.89 Å². The predicted octanol–water partition coefficient (Wildman–Crippen LogP) is 3.91. The third-order valence-corrected chi connectivity index (χ3v) is 5.12. The first kappa shape index (κ1) is 18.5. The van der Waals surface area contributed by atoms with Gasteiger partial charge in [-0.3, -0.25) is 9.36 Å². The van der Waals surface area contributed by atoms with Gasteiger partial charge in [-0.2, -0.15) is 4.98 Å². The first-order valence-electron chi connectivity index (χ1n) is 9.06. The van der Waals surface area contributed by atoms with Crippen LogP contribution in [-0.4, -0.2) is 19.7 Å². The first-order valence-corrected chi connectivity index (χ1v) is 10.0. The zero-order chi connectivity index (χ0) is 19.5. The fraction of sp³-hybridized carbons (Fsp3) is 0.300. The number of fused-ring (bicyclic) bond motifs is 1. The van der Waals surface area contributed by atoms with E-state index in [1.165, 1.54) is 11.8 Å². The van der Waals surface area contributed by atoms with Crippen LogP contribution in [0.15, 0.2) is 61.6 Å². The summed E-state index contributed by atoms with van der Waals surface area (Å²) in [6.07, 6.45) is 2.34. The number of aromatic nitrogens is 4. The molecule has 0 aliphatic heterocycles. The summed E-state index contributed by atoms with van der Waals surface area (Å²) in [6, 6.07) is 11.0. The molecule has 0 radical (unpaired) electrons. The van der Waals surface area contributed by atoms with Crippen molar-refractivity contribution in [3.63, 3.8) is 0 Å². The van der Waals surface area contributed by atoms with Crippen molar-refractivity contribution in [1.29, 1.82) is 0 Å². The van der Waals surface area contributed by atoms with E-state index >= 15 is 0 Å². The monoisotopic (exact) mass is 396 g/mol. The molecule has 1 aromatic carbocycles. The summed E-state index contributed by atoms with van der Waals surface area (Å²) in [7, 11) is 0. The van der Waals surface area contributed by atoms with E-state index in [-0.39, 0.29) is 5.56 Å². The zero-order valence-corrected chi connectivity index (χ0v) is 16.5. The average Bonchev–Trinajstić information content (AvgIpc) is 3.34. The molecule has 0 spiro atoms. The molecule has 8 heteroatoms. The van der Waals surface area contributed by atoms with E-state index in [1.54, 1.807) is 23.0 Å². The van der Waals surface area contributed by atoms with Crippen molar-refractivity contribution in [3.05, 3.63) is 70.5 Å². The number of hydrogen-bond donors (Lipinski definition) is 0. The van der Waals surface area contributed by atoms with E-state index in [2.05, 4.69) is 29.0 Å². The van der Waals surface area contributed by atoms with Gasteiger partial charge in [0.15, 0.2) is 11.0 Å². The van der Waals surface area contributed by atoms with Gasteiger partial charge < -0.3 is 8.94 Å². The third kappa shape index (κ3) is 4.01. The molecule has 0 fully saturated rings. The van der Waals surface area contributed by atoms with Crippen LogP contribution < -0.4 is 5.56 Å². The number of hydrogen-bond acceptors (Lipinski definition) is 7. The second-order valence-electron chi connectivity index (χ2n) is 6.87. The molecule has 0 atom stereocenters. The molecule has 7 nitrogen and oxygen atoms in total. The molecule has 28 heavy (non-hydrogen) atoms. The van der Waals surface area contributed by atoms with Gasteiger partial charge in [0.1, 0.15) is 5.76 Å². The van der Waals surface area contributed by atoms with Gasteiger partial charge in [-0.05, 0) is 30.2 Å². The molecular weight excluding hydrogens is 376 g/mol. The summed E-state index contributed by atoms with van der Waals surface area (Å²) < 4.78 is 12.3. The predicted molar refractivity (Wildman–Crippen MR) is 106 cm³/mol. The molecule has 0 unspecified atom stereocenters. The van der Waals surface area contributed by atoms with E-state index in [0.717, 1.165) is 6.42 Å². The Morgan fingerprint density at radius 3 is 2.79 bits per heavy atom. The van der Waals surface area contributed by atoms with Gasteiger partial charge in [-0.1, -0.05) is 42.9 Å². The highest BCUT2D eigenvalue weighted by Crippen LogP contribution is 2.22. The summed E-state index contributed by atoms with van der Waals surface area (Å²) in [5.41, 5.74) is 0.567. The Labute approximate surface area is 165 Å². The van der Waals surface area contributed by atoms with Gasteiger partial charge in [0.05, 0.1) is 29.5 Å². The molecular formula is C20H20N4O3S. The third-order valence-electron chi connectivity index (χ3n) is 4.14. The zero-order valence-electron chi connectivity index (χ0n) is 15.7. The van der Waals surface area contributed by atoms with Crippen molar-refractivity contribution in [1.82, 2.24) is 19.7 Å². The molecule has 0 aliphatic carbocycles. The minimum Gasteiger partial charge on any atom is -0.467 e. The maximum absolute atomic E-state index is 13.0. The minimum atomic E-state index is -0.0990. The van der Waals surface area contributed by atoms with Crippen LogP contribution in [0.3, 0.4) is 0 Å². The van der Waals surface area contributed by atoms with E-state index < -0.39 is 0 Å². The smallest absolute Gasteiger partial charge is 0.262 e. The van der Waals surface area contributed by atoms with Gasteiger partial charge in [-0.25, -0.2) is 4.98 Å². The second-order valence-corrected chi connectivity index (χ2v) is 7.82.